The molecule has 0 amide bonds. The van der Waals surface area contributed by atoms with E-state index >= 15 is 0 Å². The first kappa shape index (κ1) is 14.8. The zero-order valence-electron chi connectivity index (χ0n) is 11.9. The maximum atomic E-state index is 5.69. The summed E-state index contributed by atoms with van der Waals surface area (Å²) in [4.78, 5) is 5.02. The van der Waals surface area contributed by atoms with Gasteiger partial charge in [0.2, 0.25) is 0 Å². The molecule has 0 bridgehead atoms. The molecule has 0 spiro atoms. The van der Waals surface area contributed by atoms with Crippen LogP contribution in [0.15, 0.2) is 22.7 Å². The maximum absolute atomic E-state index is 5.69. The van der Waals surface area contributed by atoms with E-state index in [2.05, 4.69) is 57.8 Å². The molecule has 0 saturated carbocycles. The molecule has 1 aromatic carbocycles. The Morgan fingerprint density at radius 2 is 1.89 bits per heavy atom. The zero-order chi connectivity index (χ0) is 13.8. The Balaban J connectivity index is 1.96. The first-order valence-corrected chi connectivity index (χ1v) is 7.85. The highest BCUT2D eigenvalue weighted by molar-refractivity contribution is 9.10. The van der Waals surface area contributed by atoms with Gasteiger partial charge in [-0.05, 0) is 23.6 Å². The molecule has 2 N–H and O–H groups in total. The summed E-state index contributed by atoms with van der Waals surface area (Å²) in [6.45, 7) is 10.9. The topological polar surface area (TPSA) is 32.5 Å². The average molecular weight is 326 g/mol. The number of anilines is 1. The molecule has 1 aliphatic rings. The van der Waals surface area contributed by atoms with Crippen LogP contribution in [-0.4, -0.2) is 37.6 Å². The van der Waals surface area contributed by atoms with Gasteiger partial charge in [-0.25, -0.2) is 0 Å². The van der Waals surface area contributed by atoms with Crippen LogP contribution in [-0.2, 0) is 6.54 Å². The lowest BCUT2D eigenvalue weighted by Gasteiger charge is -2.37. The molecule has 0 aliphatic carbocycles. The summed E-state index contributed by atoms with van der Waals surface area (Å²) in [7, 11) is 0. The molecular formula is C15H24BrN3. The van der Waals surface area contributed by atoms with E-state index in [0.717, 1.165) is 36.6 Å². The quantitative estimate of drug-likeness (QED) is 0.923. The third kappa shape index (κ3) is 3.94. The zero-order valence-corrected chi connectivity index (χ0v) is 13.5. The van der Waals surface area contributed by atoms with Crippen molar-refractivity contribution in [3.63, 3.8) is 0 Å². The summed E-state index contributed by atoms with van der Waals surface area (Å²) in [5, 5.41) is 0. The minimum Gasteiger partial charge on any atom is -0.369 e. The van der Waals surface area contributed by atoms with Gasteiger partial charge in [-0.3, -0.25) is 4.90 Å². The van der Waals surface area contributed by atoms with E-state index in [1.54, 1.807) is 0 Å². The molecule has 1 aromatic rings. The van der Waals surface area contributed by atoms with Crippen LogP contribution in [0, 0.1) is 5.92 Å². The van der Waals surface area contributed by atoms with E-state index < -0.39 is 0 Å². The predicted molar refractivity (Wildman–Crippen MR) is 85.5 cm³/mol. The van der Waals surface area contributed by atoms with Gasteiger partial charge in [0, 0.05) is 49.4 Å². The number of benzene rings is 1. The van der Waals surface area contributed by atoms with E-state index in [4.69, 9.17) is 5.73 Å². The highest BCUT2D eigenvalue weighted by Gasteiger charge is 2.18. The molecule has 1 saturated heterocycles. The molecule has 0 aromatic heterocycles. The SMILES string of the molecule is CC(C)CN1CCN(c2ccc(CN)c(Br)c2)CC1. The Labute approximate surface area is 124 Å². The largest absolute Gasteiger partial charge is 0.369 e. The Morgan fingerprint density at radius 3 is 2.42 bits per heavy atom. The monoisotopic (exact) mass is 325 g/mol. The summed E-state index contributed by atoms with van der Waals surface area (Å²) >= 11 is 3.60. The molecule has 0 radical (unpaired) electrons. The first-order chi connectivity index (χ1) is 9.10. The van der Waals surface area contributed by atoms with Gasteiger partial charge in [0.05, 0.1) is 0 Å². The normalized spacial score (nSPS) is 17.2. The molecule has 2 rings (SSSR count). The van der Waals surface area contributed by atoms with Crippen molar-refractivity contribution < 1.29 is 0 Å². The van der Waals surface area contributed by atoms with Crippen molar-refractivity contribution in [3.8, 4) is 0 Å². The molecule has 1 fully saturated rings. The molecule has 1 heterocycles. The third-order valence-corrected chi connectivity index (χ3v) is 4.36. The lowest BCUT2D eigenvalue weighted by atomic mass is 10.1. The van der Waals surface area contributed by atoms with E-state index in [1.807, 2.05) is 0 Å². The summed E-state index contributed by atoms with van der Waals surface area (Å²) in [5.74, 6) is 0.754. The number of hydrogen-bond acceptors (Lipinski definition) is 3. The second-order valence-electron chi connectivity index (χ2n) is 5.66. The minimum absolute atomic E-state index is 0.586. The van der Waals surface area contributed by atoms with E-state index in [9.17, 15) is 0 Å². The van der Waals surface area contributed by atoms with Crippen molar-refractivity contribution in [3.05, 3.63) is 28.2 Å². The van der Waals surface area contributed by atoms with Crippen molar-refractivity contribution in [2.24, 2.45) is 11.7 Å². The van der Waals surface area contributed by atoms with Crippen LogP contribution in [0.25, 0.3) is 0 Å². The van der Waals surface area contributed by atoms with Crippen LogP contribution in [0.2, 0.25) is 0 Å². The number of piperazine rings is 1. The summed E-state index contributed by atoms with van der Waals surface area (Å²) in [6, 6.07) is 6.51. The smallest absolute Gasteiger partial charge is 0.0378 e. The molecular weight excluding hydrogens is 302 g/mol. The van der Waals surface area contributed by atoms with Crippen LogP contribution in [0.5, 0.6) is 0 Å². The van der Waals surface area contributed by atoms with Gasteiger partial charge in [0.15, 0.2) is 0 Å². The first-order valence-electron chi connectivity index (χ1n) is 7.06. The van der Waals surface area contributed by atoms with Crippen molar-refractivity contribution in [2.45, 2.75) is 20.4 Å². The van der Waals surface area contributed by atoms with E-state index in [0.29, 0.717) is 6.54 Å². The van der Waals surface area contributed by atoms with Crippen molar-refractivity contribution in [2.75, 3.05) is 37.6 Å². The second kappa shape index (κ2) is 6.73. The van der Waals surface area contributed by atoms with Crippen LogP contribution in [0.4, 0.5) is 5.69 Å². The summed E-state index contributed by atoms with van der Waals surface area (Å²) in [6.07, 6.45) is 0. The van der Waals surface area contributed by atoms with Gasteiger partial charge in [0.1, 0.15) is 0 Å². The number of nitrogens with zero attached hydrogens (tertiary/aromatic N) is 2. The van der Waals surface area contributed by atoms with Gasteiger partial charge in [0.25, 0.3) is 0 Å². The number of nitrogens with two attached hydrogens (primary N) is 1. The highest BCUT2D eigenvalue weighted by atomic mass is 79.9. The van der Waals surface area contributed by atoms with Crippen LogP contribution >= 0.6 is 15.9 Å². The fraction of sp³-hybridized carbons (Fsp3) is 0.600. The van der Waals surface area contributed by atoms with Gasteiger partial charge in [-0.15, -0.1) is 0 Å². The Hall–Kier alpha value is -0.580. The lowest BCUT2D eigenvalue weighted by molar-refractivity contribution is 0.231. The lowest BCUT2D eigenvalue weighted by Crippen LogP contribution is -2.47. The molecule has 106 valence electrons. The van der Waals surface area contributed by atoms with Crippen molar-refractivity contribution in [1.82, 2.24) is 4.90 Å². The van der Waals surface area contributed by atoms with Crippen LogP contribution in [0.1, 0.15) is 19.4 Å². The van der Waals surface area contributed by atoms with Gasteiger partial charge < -0.3 is 10.6 Å². The van der Waals surface area contributed by atoms with Gasteiger partial charge in [-0.2, -0.15) is 0 Å². The predicted octanol–water partition coefficient (Wildman–Crippen LogP) is 2.69. The number of hydrogen-bond donors (Lipinski definition) is 1. The molecule has 3 nitrogen and oxygen atoms in total. The van der Waals surface area contributed by atoms with Crippen molar-refractivity contribution in [1.29, 1.82) is 0 Å². The standard InChI is InChI=1S/C15H24BrN3/c1-12(2)11-18-5-7-19(8-6-18)14-4-3-13(10-17)15(16)9-14/h3-4,9,12H,5-8,10-11,17H2,1-2H3. The number of rotatable bonds is 4. The van der Waals surface area contributed by atoms with E-state index in [1.165, 1.54) is 17.8 Å². The molecule has 0 unspecified atom stereocenters. The molecule has 4 heteroatoms. The van der Waals surface area contributed by atoms with Crippen LogP contribution < -0.4 is 10.6 Å². The Kier molecular flexibility index (Phi) is 5.25. The molecule has 19 heavy (non-hydrogen) atoms. The fourth-order valence-electron chi connectivity index (χ4n) is 2.60. The summed E-state index contributed by atoms with van der Waals surface area (Å²) in [5.41, 5.74) is 8.16. The molecule has 1 aliphatic heterocycles. The van der Waals surface area contributed by atoms with Gasteiger partial charge in [-0.1, -0.05) is 35.8 Å². The Bertz CT molecular complexity index is 412. The van der Waals surface area contributed by atoms with E-state index in [-0.39, 0.29) is 0 Å². The maximum Gasteiger partial charge on any atom is 0.0378 e. The second-order valence-corrected chi connectivity index (χ2v) is 6.52. The highest BCUT2D eigenvalue weighted by Crippen LogP contribution is 2.25. The minimum atomic E-state index is 0.586. The third-order valence-electron chi connectivity index (χ3n) is 3.62. The summed E-state index contributed by atoms with van der Waals surface area (Å²) < 4.78 is 1.12. The Morgan fingerprint density at radius 1 is 1.21 bits per heavy atom. The average Bonchev–Trinajstić information content (AvgIpc) is 2.39. The van der Waals surface area contributed by atoms with Crippen LogP contribution in [0.3, 0.4) is 0 Å². The molecule has 0 atom stereocenters. The van der Waals surface area contributed by atoms with Crippen molar-refractivity contribution >= 4 is 21.6 Å². The van der Waals surface area contributed by atoms with Gasteiger partial charge >= 0.3 is 0 Å². The number of halogens is 1. The fourth-order valence-corrected chi connectivity index (χ4v) is 3.13.